The van der Waals surface area contributed by atoms with Crippen LogP contribution in [0.1, 0.15) is 51.9 Å². The molecule has 0 aromatic heterocycles. The van der Waals surface area contributed by atoms with Gasteiger partial charge in [0.1, 0.15) is 0 Å². The van der Waals surface area contributed by atoms with Gasteiger partial charge in [0.05, 0.1) is 18.8 Å². The van der Waals surface area contributed by atoms with Gasteiger partial charge in [0.2, 0.25) is 0 Å². The van der Waals surface area contributed by atoms with E-state index in [0.29, 0.717) is 12.7 Å². The molecule has 2 nitrogen and oxygen atoms in total. The van der Waals surface area contributed by atoms with Gasteiger partial charge in [-0.1, -0.05) is 32.1 Å². The van der Waals surface area contributed by atoms with Crippen LogP contribution in [0.5, 0.6) is 0 Å². The zero-order valence-corrected chi connectivity index (χ0v) is 8.67. The molecule has 0 heterocycles. The summed E-state index contributed by atoms with van der Waals surface area (Å²) in [5.41, 5.74) is 0. The lowest BCUT2D eigenvalue weighted by atomic mass is 9.98. The summed E-state index contributed by atoms with van der Waals surface area (Å²) >= 11 is 0. The van der Waals surface area contributed by atoms with E-state index >= 15 is 0 Å². The zero-order valence-electron chi connectivity index (χ0n) is 8.67. The fourth-order valence-corrected chi connectivity index (χ4v) is 1.86. The molecular formula is C11H22O2. The molecule has 1 rings (SSSR count). The molecule has 1 fully saturated rings. The molecule has 1 N–H and O–H groups in total. The predicted molar refractivity (Wildman–Crippen MR) is 53.7 cm³/mol. The molecule has 0 radical (unpaired) electrons. The highest BCUT2D eigenvalue weighted by Gasteiger charge is 2.12. The third kappa shape index (κ3) is 5.27. The first-order chi connectivity index (χ1) is 6.29. The molecule has 1 atom stereocenters. The number of hydrogen-bond acceptors (Lipinski definition) is 2. The van der Waals surface area contributed by atoms with E-state index in [2.05, 4.69) is 0 Å². The first-order valence-electron chi connectivity index (χ1n) is 5.58. The Hall–Kier alpha value is -0.0800. The molecule has 0 amide bonds. The van der Waals surface area contributed by atoms with E-state index in [-0.39, 0.29) is 6.10 Å². The Balaban J connectivity index is 2.14. The van der Waals surface area contributed by atoms with Crippen LogP contribution >= 0.6 is 0 Å². The smallest absolute Gasteiger partial charge is 0.0745 e. The lowest BCUT2D eigenvalue weighted by molar-refractivity contribution is -0.0133. The van der Waals surface area contributed by atoms with Crippen LogP contribution in [0.4, 0.5) is 0 Å². The van der Waals surface area contributed by atoms with Gasteiger partial charge in [-0.2, -0.15) is 0 Å². The van der Waals surface area contributed by atoms with Gasteiger partial charge in [0, 0.05) is 0 Å². The van der Waals surface area contributed by atoms with Crippen molar-refractivity contribution in [3.8, 4) is 0 Å². The highest BCUT2D eigenvalue weighted by molar-refractivity contribution is 4.63. The second kappa shape index (κ2) is 6.39. The number of aliphatic hydroxyl groups is 1. The minimum atomic E-state index is -0.314. The van der Waals surface area contributed by atoms with Gasteiger partial charge in [0.15, 0.2) is 0 Å². The molecule has 0 aromatic rings. The SMILES string of the molecule is CC(O)COC1CCCCCCC1. The maximum absolute atomic E-state index is 9.08. The van der Waals surface area contributed by atoms with Crippen molar-refractivity contribution in [3.05, 3.63) is 0 Å². The van der Waals surface area contributed by atoms with E-state index in [1.165, 1.54) is 44.9 Å². The van der Waals surface area contributed by atoms with Gasteiger partial charge in [-0.05, 0) is 19.8 Å². The summed E-state index contributed by atoms with van der Waals surface area (Å²) in [4.78, 5) is 0. The lowest BCUT2D eigenvalue weighted by Gasteiger charge is -2.20. The molecule has 0 bridgehead atoms. The van der Waals surface area contributed by atoms with Gasteiger partial charge >= 0.3 is 0 Å². The lowest BCUT2D eigenvalue weighted by Crippen LogP contribution is -2.20. The van der Waals surface area contributed by atoms with Gasteiger partial charge in [-0.25, -0.2) is 0 Å². The van der Waals surface area contributed by atoms with Crippen molar-refractivity contribution in [3.63, 3.8) is 0 Å². The van der Waals surface area contributed by atoms with E-state index < -0.39 is 0 Å². The fourth-order valence-electron chi connectivity index (χ4n) is 1.86. The highest BCUT2D eigenvalue weighted by atomic mass is 16.5. The van der Waals surface area contributed by atoms with E-state index in [0.717, 1.165) is 0 Å². The van der Waals surface area contributed by atoms with Gasteiger partial charge < -0.3 is 9.84 Å². The van der Waals surface area contributed by atoms with Crippen molar-refractivity contribution in [2.75, 3.05) is 6.61 Å². The molecular weight excluding hydrogens is 164 g/mol. The predicted octanol–water partition coefficient (Wildman–Crippen LogP) is 2.50. The van der Waals surface area contributed by atoms with Crippen LogP contribution in [0.2, 0.25) is 0 Å². The summed E-state index contributed by atoms with van der Waals surface area (Å²) in [5.74, 6) is 0. The van der Waals surface area contributed by atoms with Gasteiger partial charge in [-0.3, -0.25) is 0 Å². The standard InChI is InChI=1S/C11H22O2/c1-10(12)9-13-11-7-5-3-2-4-6-8-11/h10-12H,2-9H2,1H3. The summed E-state index contributed by atoms with van der Waals surface area (Å²) in [6, 6.07) is 0. The topological polar surface area (TPSA) is 29.5 Å². The largest absolute Gasteiger partial charge is 0.391 e. The van der Waals surface area contributed by atoms with Crippen molar-refractivity contribution in [1.29, 1.82) is 0 Å². The number of aliphatic hydroxyl groups excluding tert-OH is 1. The Kier molecular flexibility index (Phi) is 5.40. The quantitative estimate of drug-likeness (QED) is 0.733. The third-order valence-electron chi connectivity index (χ3n) is 2.63. The number of ether oxygens (including phenoxy) is 1. The molecule has 0 saturated heterocycles. The first kappa shape index (κ1) is 11.0. The van der Waals surface area contributed by atoms with E-state index in [1.807, 2.05) is 0 Å². The summed E-state index contributed by atoms with van der Waals surface area (Å²) in [7, 11) is 0. The highest BCUT2D eigenvalue weighted by Crippen LogP contribution is 2.19. The molecule has 2 heteroatoms. The minimum Gasteiger partial charge on any atom is -0.391 e. The molecule has 0 aliphatic heterocycles. The van der Waals surface area contributed by atoms with Crippen molar-refractivity contribution in [1.82, 2.24) is 0 Å². The van der Waals surface area contributed by atoms with Crippen LogP contribution < -0.4 is 0 Å². The average molecular weight is 186 g/mol. The number of rotatable bonds is 3. The van der Waals surface area contributed by atoms with Crippen molar-refractivity contribution < 1.29 is 9.84 Å². The molecule has 0 aromatic carbocycles. The van der Waals surface area contributed by atoms with E-state index in [1.54, 1.807) is 6.92 Å². The van der Waals surface area contributed by atoms with Crippen LogP contribution in [-0.4, -0.2) is 23.9 Å². The number of hydrogen-bond donors (Lipinski definition) is 1. The van der Waals surface area contributed by atoms with Crippen LogP contribution in [0.25, 0.3) is 0 Å². The maximum Gasteiger partial charge on any atom is 0.0745 e. The summed E-state index contributed by atoms with van der Waals surface area (Å²) in [6.45, 7) is 2.29. The molecule has 13 heavy (non-hydrogen) atoms. The van der Waals surface area contributed by atoms with Crippen LogP contribution in [-0.2, 0) is 4.74 Å². The average Bonchev–Trinajstić information content (AvgIpc) is 2.01. The monoisotopic (exact) mass is 186 g/mol. The molecule has 0 spiro atoms. The Morgan fingerprint density at radius 1 is 1.15 bits per heavy atom. The fraction of sp³-hybridized carbons (Fsp3) is 1.00. The van der Waals surface area contributed by atoms with Crippen LogP contribution in [0.15, 0.2) is 0 Å². The van der Waals surface area contributed by atoms with Crippen LogP contribution in [0.3, 0.4) is 0 Å². The van der Waals surface area contributed by atoms with Gasteiger partial charge in [0.25, 0.3) is 0 Å². The maximum atomic E-state index is 9.08. The summed E-state index contributed by atoms with van der Waals surface area (Å²) < 4.78 is 5.63. The Morgan fingerprint density at radius 2 is 1.69 bits per heavy atom. The van der Waals surface area contributed by atoms with Crippen molar-refractivity contribution in [2.45, 2.75) is 64.1 Å². The minimum absolute atomic E-state index is 0.314. The van der Waals surface area contributed by atoms with Crippen molar-refractivity contribution in [2.24, 2.45) is 0 Å². The van der Waals surface area contributed by atoms with E-state index in [4.69, 9.17) is 9.84 Å². The second-order valence-corrected chi connectivity index (χ2v) is 4.15. The van der Waals surface area contributed by atoms with E-state index in [9.17, 15) is 0 Å². The van der Waals surface area contributed by atoms with Crippen molar-refractivity contribution >= 4 is 0 Å². The first-order valence-corrected chi connectivity index (χ1v) is 5.58. The molecule has 1 unspecified atom stereocenters. The third-order valence-corrected chi connectivity index (χ3v) is 2.63. The normalized spacial score (nSPS) is 23.5. The molecule has 1 aliphatic carbocycles. The molecule has 1 saturated carbocycles. The summed E-state index contributed by atoms with van der Waals surface area (Å²) in [6.07, 6.45) is 9.17. The Bertz CT molecular complexity index is 115. The Labute approximate surface area is 81.3 Å². The van der Waals surface area contributed by atoms with Crippen LogP contribution in [0, 0.1) is 0 Å². The van der Waals surface area contributed by atoms with Gasteiger partial charge in [-0.15, -0.1) is 0 Å². The zero-order chi connectivity index (χ0) is 9.52. The second-order valence-electron chi connectivity index (χ2n) is 4.15. The summed E-state index contributed by atoms with van der Waals surface area (Å²) in [5, 5.41) is 9.08. The molecule has 1 aliphatic rings. The Morgan fingerprint density at radius 3 is 2.23 bits per heavy atom. The molecule has 78 valence electrons.